The van der Waals surface area contributed by atoms with Crippen LogP contribution in [-0.2, 0) is 30.4 Å². The first-order valence-electron chi connectivity index (χ1n) is 12.8. The number of carbonyl (C=O) groups excluding carboxylic acids is 4. The third-order valence-electron chi connectivity index (χ3n) is 6.63. The average Bonchev–Trinajstić information content (AvgIpc) is 3.30. The Morgan fingerprint density at radius 1 is 0.825 bits per heavy atom. The number of nitrogens with zero attached hydrogens (tertiary/aromatic N) is 1. The van der Waals surface area contributed by atoms with Gasteiger partial charge in [0.1, 0.15) is 19.3 Å². The van der Waals surface area contributed by atoms with E-state index in [1.165, 1.54) is 13.8 Å². The van der Waals surface area contributed by atoms with Gasteiger partial charge in [0.15, 0.2) is 6.04 Å². The Hall–Kier alpha value is -4.86. The van der Waals surface area contributed by atoms with Gasteiger partial charge in [-0.3, -0.25) is 10.2 Å². The van der Waals surface area contributed by atoms with Crippen LogP contribution in [0.3, 0.4) is 0 Å². The Balaban J connectivity index is 1.35. The van der Waals surface area contributed by atoms with E-state index < -0.39 is 36.1 Å². The molecular weight excluding hydrogens is 514 g/mol. The molecule has 3 aromatic rings. The third-order valence-corrected chi connectivity index (χ3v) is 6.63. The number of hydrazine groups is 1. The highest BCUT2D eigenvalue weighted by molar-refractivity contribution is 5.88. The number of esters is 1. The number of fused-ring (bicyclic) bond motifs is 3. The molecule has 0 bridgehead atoms. The van der Waals surface area contributed by atoms with Crippen LogP contribution in [0.5, 0.6) is 0 Å². The summed E-state index contributed by atoms with van der Waals surface area (Å²) in [4.78, 5) is 50.4. The summed E-state index contributed by atoms with van der Waals surface area (Å²) in [5.74, 6) is -1.67. The molecule has 10 heteroatoms. The lowest BCUT2D eigenvalue weighted by molar-refractivity contribution is -0.148. The Kier molecular flexibility index (Phi) is 9.00. The zero-order chi connectivity index (χ0) is 28.6. The molecule has 2 atom stereocenters. The second kappa shape index (κ2) is 12.8. The molecule has 10 nitrogen and oxygen atoms in total. The minimum absolute atomic E-state index is 0.0749. The van der Waals surface area contributed by atoms with Crippen molar-refractivity contribution in [3.8, 4) is 11.1 Å². The lowest BCUT2D eigenvalue weighted by atomic mass is 9.98. The number of benzene rings is 3. The molecule has 1 aliphatic rings. The molecule has 0 aromatic heterocycles. The standard InChI is InChI=1S/C30H31N3O7/c1-19(27(34)32-33(20(2)28(35)38-3)30(37)40-17-21-11-5-4-6-12-21)31-29(36)39-18-26-24-15-9-7-13-22(24)23-14-8-10-16-25(23)26/h4-16,19-20,26H,17-18H2,1-3H3,(H,31,36)(H,32,34)/t19-,20+/m0/s1. The fourth-order valence-electron chi connectivity index (χ4n) is 4.46. The summed E-state index contributed by atoms with van der Waals surface area (Å²) < 4.78 is 15.5. The summed E-state index contributed by atoms with van der Waals surface area (Å²) in [6.07, 6.45) is -1.77. The molecule has 0 fully saturated rings. The number of nitrogens with one attached hydrogen (secondary N) is 2. The van der Waals surface area contributed by atoms with E-state index in [1.54, 1.807) is 24.3 Å². The van der Waals surface area contributed by atoms with E-state index in [-0.39, 0.29) is 19.1 Å². The van der Waals surface area contributed by atoms with Crippen molar-refractivity contribution in [1.29, 1.82) is 0 Å². The first kappa shape index (κ1) is 28.2. The predicted octanol–water partition coefficient (Wildman–Crippen LogP) is 4.15. The van der Waals surface area contributed by atoms with Gasteiger partial charge in [-0.15, -0.1) is 0 Å². The van der Waals surface area contributed by atoms with Crippen molar-refractivity contribution >= 4 is 24.1 Å². The highest BCUT2D eigenvalue weighted by Crippen LogP contribution is 2.44. The summed E-state index contributed by atoms with van der Waals surface area (Å²) in [5, 5.41) is 3.20. The summed E-state index contributed by atoms with van der Waals surface area (Å²) in [6.45, 7) is 2.80. The summed E-state index contributed by atoms with van der Waals surface area (Å²) in [5.41, 5.74) is 7.38. The zero-order valence-electron chi connectivity index (χ0n) is 22.5. The molecular formula is C30H31N3O7. The second-order valence-electron chi connectivity index (χ2n) is 9.28. The van der Waals surface area contributed by atoms with Gasteiger partial charge in [0.2, 0.25) is 0 Å². The van der Waals surface area contributed by atoms with Gasteiger partial charge in [-0.05, 0) is 41.7 Å². The Morgan fingerprint density at radius 3 is 2.00 bits per heavy atom. The molecule has 0 radical (unpaired) electrons. The van der Waals surface area contributed by atoms with Gasteiger partial charge in [0.25, 0.3) is 5.91 Å². The number of amides is 3. The Bertz CT molecular complexity index is 1330. The maximum Gasteiger partial charge on any atom is 0.429 e. The number of methoxy groups -OCH3 is 1. The molecule has 0 aliphatic heterocycles. The lowest BCUT2D eigenvalue weighted by Crippen LogP contribution is -2.58. The largest absolute Gasteiger partial charge is 0.467 e. The third kappa shape index (κ3) is 6.40. The highest BCUT2D eigenvalue weighted by Gasteiger charge is 2.32. The van der Waals surface area contributed by atoms with Crippen molar-refractivity contribution in [3.05, 3.63) is 95.6 Å². The Morgan fingerprint density at radius 2 is 1.40 bits per heavy atom. The number of hydrogen-bond acceptors (Lipinski definition) is 7. The van der Waals surface area contributed by atoms with Gasteiger partial charge in [-0.2, -0.15) is 0 Å². The van der Waals surface area contributed by atoms with Crippen LogP contribution in [0.4, 0.5) is 9.59 Å². The molecule has 40 heavy (non-hydrogen) atoms. The van der Waals surface area contributed by atoms with E-state index in [1.807, 2.05) is 54.6 Å². The monoisotopic (exact) mass is 545 g/mol. The van der Waals surface area contributed by atoms with Crippen molar-refractivity contribution in [1.82, 2.24) is 15.8 Å². The SMILES string of the molecule is COC(=O)[C@@H](C)N(NC(=O)[C@H](C)NC(=O)OCC1c2ccccc2-c2ccccc21)C(=O)OCc1ccccc1. The fraction of sp³-hybridized carbons (Fsp3) is 0.267. The van der Waals surface area contributed by atoms with Crippen LogP contribution < -0.4 is 10.7 Å². The van der Waals surface area contributed by atoms with E-state index >= 15 is 0 Å². The summed E-state index contributed by atoms with van der Waals surface area (Å²) in [6, 6.07) is 22.5. The highest BCUT2D eigenvalue weighted by atomic mass is 16.6. The van der Waals surface area contributed by atoms with E-state index in [4.69, 9.17) is 14.2 Å². The van der Waals surface area contributed by atoms with Crippen molar-refractivity contribution in [2.75, 3.05) is 13.7 Å². The number of hydrogen-bond donors (Lipinski definition) is 2. The van der Waals surface area contributed by atoms with Crippen LogP contribution in [0.2, 0.25) is 0 Å². The molecule has 0 spiro atoms. The van der Waals surface area contributed by atoms with Crippen LogP contribution in [0.1, 0.15) is 36.5 Å². The van der Waals surface area contributed by atoms with Crippen LogP contribution in [0.15, 0.2) is 78.9 Å². The van der Waals surface area contributed by atoms with E-state index in [9.17, 15) is 19.2 Å². The first-order chi connectivity index (χ1) is 19.3. The van der Waals surface area contributed by atoms with Gasteiger partial charge in [0.05, 0.1) is 7.11 Å². The van der Waals surface area contributed by atoms with Crippen LogP contribution in [0.25, 0.3) is 11.1 Å². The molecule has 1 aliphatic carbocycles. The maximum absolute atomic E-state index is 12.9. The lowest BCUT2D eigenvalue weighted by Gasteiger charge is -2.28. The molecule has 2 N–H and O–H groups in total. The van der Waals surface area contributed by atoms with Crippen molar-refractivity contribution in [3.63, 3.8) is 0 Å². The van der Waals surface area contributed by atoms with E-state index in [0.29, 0.717) is 0 Å². The number of rotatable bonds is 8. The summed E-state index contributed by atoms with van der Waals surface area (Å²) in [7, 11) is 1.16. The van der Waals surface area contributed by atoms with Gasteiger partial charge >= 0.3 is 18.2 Å². The normalized spacial score (nSPS) is 13.2. The molecule has 3 amide bonds. The number of alkyl carbamates (subject to hydrolysis) is 1. The average molecular weight is 546 g/mol. The minimum Gasteiger partial charge on any atom is -0.467 e. The van der Waals surface area contributed by atoms with Crippen LogP contribution >= 0.6 is 0 Å². The molecule has 0 saturated heterocycles. The number of ether oxygens (including phenoxy) is 3. The fourth-order valence-corrected chi connectivity index (χ4v) is 4.46. The van der Waals surface area contributed by atoms with E-state index in [2.05, 4.69) is 10.7 Å². The van der Waals surface area contributed by atoms with Crippen molar-refractivity contribution < 1.29 is 33.4 Å². The smallest absolute Gasteiger partial charge is 0.429 e. The zero-order valence-corrected chi connectivity index (χ0v) is 22.5. The summed E-state index contributed by atoms with van der Waals surface area (Å²) >= 11 is 0. The van der Waals surface area contributed by atoms with Crippen LogP contribution in [0, 0.1) is 0 Å². The topological polar surface area (TPSA) is 123 Å². The Labute approximate surface area is 232 Å². The van der Waals surface area contributed by atoms with Gasteiger partial charge < -0.3 is 19.5 Å². The molecule has 3 aromatic carbocycles. The maximum atomic E-state index is 12.9. The van der Waals surface area contributed by atoms with Crippen LogP contribution in [-0.4, -0.2) is 54.9 Å². The van der Waals surface area contributed by atoms with Gasteiger partial charge in [0, 0.05) is 5.92 Å². The van der Waals surface area contributed by atoms with E-state index in [0.717, 1.165) is 39.9 Å². The second-order valence-corrected chi connectivity index (χ2v) is 9.28. The van der Waals surface area contributed by atoms with Crippen molar-refractivity contribution in [2.45, 2.75) is 38.5 Å². The van der Waals surface area contributed by atoms with Crippen molar-refractivity contribution in [2.24, 2.45) is 0 Å². The number of carbonyl (C=O) groups is 4. The molecule has 4 rings (SSSR count). The first-order valence-corrected chi connectivity index (χ1v) is 12.8. The molecule has 0 unspecified atom stereocenters. The predicted molar refractivity (Wildman–Crippen MR) is 146 cm³/mol. The quantitative estimate of drug-likeness (QED) is 0.248. The molecule has 0 heterocycles. The van der Waals surface area contributed by atoms with Gasteiger partial charge in [-0.25, -0.2) is 19.4 Å². The molecule has 0 saturated carbocycles. The minimum atomic E-state index is -1.20. The molecule has 208 valence electrons. The van der Waals surface area contributed by atoms with Gasteiger partial charge in [-0.1, -0.05) is 78.9 Å².